The standard InChI is InChI=1S/C14H9Br2ClFN5O/c15-11-12(21-22-13(11)16)14(24)20-7-4-19-23(5-7)6-8-9(17)2-1-3-10(8)18/h1-5H,6H2,(H,20,24)(H,21,22). The molecule has 10 heteroatoms. The maximum atomic E-state index is 13.8. The molecule has 0 saturated heterocycles. The quantitative estimate of drug-likeness (QED) is 0.591. The molecule has 2 aromatic heterocycles. The molecule has 6 nitrogen and oxygen atoms in total. The average molecular weight is 478 g/mol. The molecule has 1 amide bonds. The zero-order valence-corrected chi connectivity index (χ0v) is 15.8. The Kier molecular flexibility index (Phi) is 5.02. The summed E-state index contributed by atoms with van der Waals surface area (Å²) in [5.74, 6) is -0.818. The lowest BCUT2D eigenvalue weighted by Gasteiger charge is -2.05. The van der Waals surface area contributed by atoms with Crippen molar-refractivity contribution in [1.82, 2.24) is 20.0 Å². The van der Waals surface area contributed by atoms with Crippen molar-refractivity contribution in [1.29, 1.82) is 0 Å². The summed E-state index contributed by atoms with van der Waals surface area (Å²) in [6.45, 7) is 0.152. The van der Waals surface area contributed by atoms with Crippen molar-refractivity contribution in [2.24, 2.45) is 0 Å². The number of nitrogens with one attached hydrogen (secondary N) is 2. The van der Waals surface area contributed by atoms with Gasteiger partial charge in [0.25, 0.3) is 5.91 Å². The first-order valence-electron chi connectivity index (χ1n) is 6.61. The van der Waals surface area contributed by atoms with E-state index in [0.717, 1.165) is 0 Å². The second-order valence-corrected chi connectivity index (χ2v) is 6.77. The second kappa shape index (κ2) is 7.04. The maximum absolute atomic E-state index is 13.8. The van der Waals surface area contributed by atoms with Crippen molar-refractivity contribution in [2.75, 3.05) is 5.32 Å². The van der Waals surface area contributed by atoms with Gasteiger partial charge >= 0.3 is 0 Å². The Bertz CT molecular complexity index is 890. The van der Waals surface area contributed by atoms with Crippen LogP contribution in [-0.4, -0.2) is 25.9 Å². The number of carbonyl (C=O) groups is 1. The number of hydrogen-bond donors (Lipinski definition) is 2. The van der Waals surface area contributed by atoms with Gasteiger partial charge in [0.05, 0.1) is 22.9 Å². The van der Waals surface area contributed by atoms with E-state index < -0.39 is 11.7 Å². The molecule has 3 aromatic rings. The zero-order valence-electron chi connectivity index (χ0n) is 11.9. The predicted octanol–water partition coefficient (Wildman–Crippen LogP) is 4.22. The molecule has 3 rings (SSSR count). The summed E-state index contributed by atoms with van der Waals surface area (Å²) in [7, 11) is 0. The Labute approximate surface area is 157 Å². The van der Waals surface area contributed by atoms with E-state index in [4.69, 9.17) is 11.6 Å². The number of nitrogens with zero attached hydrogens (tertiary/aromatic N) is 3. The lowest BCUT2D eigenvalue weighted by Crippen LogP contribution is -2.12. The van der Waals surface area contributed by atoms with Gasteiger partial charge in [0.2, 0.25) is 0 Å². The molecule has 0 aliphatic rings. The predicted molar refractivity (Wildman–Crippen MR) is 94.7 cm³/mol. The monoisotopic (exact) mass is 475 g/mol. The Balaban J connectivity index is 1.74. The molecule has 0 aliphatic carbocycles. The molecule has 124 valence electrons. The van der Waals surface area contributed by atoms with Gasteiger partial charge in [-0.05, 0) is 44.0 Å². The normalized spacial score (nSPS) is 10.8. The molecular weight excluding hydrogens is 468 g/mol. The Morgan fingerprint density at radius 2 is 2.21 bits per heavy atom. The summed E-state index contributed by atoms with van der Waals surface area (Å²) < 4.78 is 16.4. The SMILES string of the molecule is O=C(Nc1cnn(Cc2c(F)cccc2Cl)c1)c1n[nH]c(Br)c1Br. The first-order valence-corrected chi connectivity index (χ1v) is 8.58. The van der Waals surface area contributed by atoms with Crippen LogP contribution in [0.5, 0.6) is 0 Å². The van der Waals surface area contributed by atoms with Crippen LogP contribution in [0.25, 0.3) is 0 Å². The van der Waals surface area contributed by atoms with Gasteiger partial charge in [-0.3, -0.25) is 14.6 Å². The molecule has 0 spiro atoms. The summed E-state index contributed by atoms with van der Waals surface area (Å²) in [5.41, 5.74) is 0.990. The maximum Gasteiger partial charge on any atom is 0.277 e. The molecule has 1 aromatic carbocycles. The third-order valence-electron chi connectivity index (χ3n) is 3.15. The Morgan fingerprint density at radius 1 is 1.42 bits per heavy atom. The van der Waals surface area contributed by atoms with E-state index in [9.17, 15) is 9.18 Å². The van der Waals surface area contributed by atoms with Crippen LogP contribution in [0, 0.1) is 5.82 Å². The zero-order chi connectivity index (χ0) is 17.3. The van der Waals surface area contributed by atoms with E-state index in [1.54, 1.807) is 12.3 Å². The molecule has 0 bridgehead atoms. The van der Waals surface area contributed by atoms with Gasteiger partial charge in [-0.1, -0.05) is 17.7 Å². The number of H-pyrrole nitrogens is 1. The Morgan fingerprint density at radius 3 is 2.88 bits per heavy atom. The van der Waals surface area contributed by atoms with Crippen LogP contribution in [0.4, 0.5) is 10.1 Å². The fraction of sp³-hybridized carbons (Fsp3) is 0.0714. The van der Waals surface area contributed by atoms with E-state index in [0.29, 0.717) is 25.3 Å². The first kappa shape index (κ1) is 17.1. The molecule has 24 heavy (non-hydrogen) atoms. The highest BCUT2D eigenvalue weighted by atomic mass is 79.9. The molecule has 0 aliphatic heterocycles. The van der Waals surface area contributed by atoms with Crippen LogP contribution < -0.4 is 5.32 Å². The van der Waals surface area contributed by atoms with E-state index >= 15 is 0 Å². The molecule has 2 heterocycles. The second-order valence-electron chi connectivity index (χ2n) is 4.78. The van der Waals surface area contributed by atoms with E-state index in [2.05, 4.69) is 52.5 Å². The van der Waals surface area contributed by atoms with Crippen molar-refractivity contribution in [2.45, 2.75) is 6.54 Å². The lowest BCUT2D eigenvalue weighted by atomic mass is 10.2. The summed E-state index contributed by atoms with van der Waals surface area (Å²) >= 11 is 12.5. The Hall–Kier alpha value is -1.71. The minimum absolute atomic E-state index is 0.152. The molecule has 2 N–H and O–H groups in total. The van der Waals surface area contributed by atoms with Crippen molar-refractivity contribution in [3.05, 3.63) is 61.8 Å². The molecule has 0 fully saturated rings. The summed E-state index contributed by atoms with van der Waals surface area (Å²) in [6, 6.07) is 4.48. The highest BCUT2D eigenvalue weighted by Gasteiger charge is 2.17. The minimum atomic E-state index is -0.410. The van der Waals surface area contributed by atoms with Crippen molar-refractivity contribution in [3.8, 4) is 0 Å². The topological polar surface area (TPSA) is 75.6 Å². The molecular formula is C14H9Br2ClFN5O. The van der Waals surface area contributed by atoms with Crippen molar-refractivity contribution < 1.29 is 9.18 Å². The van der Waals surface area contributed by atoms with Crippen LogP contribution in [0.1, 0.15) is 16.1 Å². The van der Waals surface area contributed by atoms with Crippen LogP contribution in [0.3, 0.4) is 0 Å². The van der Waals surface area contributed by atoms with Crippen molar-refractivity contribution >= 4 is 55.1 Å². The average Bonchev–Trinajstić information content (AvgIpc) is 3.11. The number of aromatic nitrogens is 4. The number of carbonyl (C=O) groups excluding carboxylic acids is 1. The highest BCUT2D eigenvalue weighted by molar-refractivity contribution is 9.13. The van der Waals surface area contributed by atoms with E-state index in [1.165, 1.54) is 23.0 Å². The van der Waals surface area contributed by atoms with E-state index in [-0.39, 0.29) is 12.2 Å². The molecule has 0 unspecified atom stereocenters. The van der Waals surface area contributed by atoms with Crippen LogP contribution in [-0.2, 0) is 6.54 Å². The van der Waals surface area contributed by atoms with Crippen molar-refractivity contribution in [3.63, 3.8) is 0 Å². The van der Waals surface area contributed by atoms with Gasteiger partial charge in [0, 0.05) is 16.8 Å². The number of halogens is 4. The molecule has 0 radical (unpaired) electrons. The van der Waals surface area contributed by atoms with Crippen LogP contribution in [0.15, 0.2) is 39.7 Å². The van der Waals surface area contributed by atoms with Crippen LogP contribution >= 0.6 is 43.5 Å². The van der Waals surface area contributed by atoms with Gasteiger partial charge in [0.1, 0.15) is 10.4 Å². The summed E-state index contributed by atoms with van der Waals surface area (Å²) in [5, 5.41) is 13.6. The van der Waals surface area contributed by atoms with Gasteiger partial charge in [-0.25, -0.2) is 4.39 Å². The van der Waals surface area contributed by atoms with Gasteiger partial charge in [-0.2, -0.15) is 10.2 Å². The summed E-state index contributed by atoms with van der Waals surface area (Å²) in [4.78, 5) is 12.2. The van der Waals surface area contributed by atoms with Gasteiger partial charge in [-0.15, -0.1) is 0 Å². The summed E-state index contributed by atoms with van der Waals surface area (Å²) in [6.07, 6.45) is 3.04. The molecule has 0 saturated carbocycles. The third kappa shape index (κ3) is 3.52. The number of benzene rings is 1. The number of hydrogen-bond acceptors (Lipinski definition) is 3. The number of anilines is 1. The smallest absolute Gasteiger partial charge is 0.277 e. The highest BCUT2D eigenvalue weighted by Crippen LogP contribution is 2.25. The van der Waals surface area contributed by atoms with Gasteiger partial charge < -0.3 is 5.32 Å². The van der Waals surface area contributed by atoms with Crippen LogP contribution in [0.2, 0.25) is 5.02 Å². The molecule has 0 atom stereocenters. The van der Waals surface area contributed by atoms with E-state index in [1.807, 2.05) is 0 Å². The first-order chi connectivity index (χ1) is 11.5. The minimum Gasteiger partial charge on any atom is -0.318 e. The third-order valence-corrected chi connectivity index (χ3v) is 5.39. The lowest BCUT2D eigenvalue weighted by molar-refractivity contribution is 0.102. The number of amides is 1. The fourth-order valence-corrected chi connectivity index (χ4v) is 2.86. The largest absolute Gasteiger partial charge is 0.318 e. The number of rotatable bonds is 4. The van der Waals surface area contributed by atoms with Gasteiger partial charge in [0.15, 0.2) is 5.69 Å². The fourth-order valence-electron chi connectivity index (χ4n) is 2.01. The number of aromatic amines is 1.